The predicted octanol–water partition coefficient (Wildman–Crippen LogP) is 3.66. The van der Waals surface area contributed by atoms with Crippen LogP contribution in [0.2, 0.25) is 0 Å². The molecule has 0 bridgehead atoms. The van der Waals surface area contributed by atoms with Gasteiger partial charge >= 0.3 is 11.9 Å². The van der Waals surface area contributed by atoms with Crippen molar-refractivity contribution in [3.8, 4) is 11.5 Å². The molecule has 1 aromatic rings. The van der Waals surface area contributed by atoms with Crippen LogP contribution in [0.15, 0.2) is 11.6 Å². The number of hydrogen-bond donors (Lipinski definition) is 1. The lowest BCUT2D eigenvalue weighted by molar-refractivity contribution is -0.145. The third-order valence-electron chi connectivity index (χ3n) is 5.76. The lowest BCUT2D eigenvalue weighted by atomic mass is 9.94. The van der Waals surface area contributed by atoms with Crippen LogP contribution in [0.1, 0.15) is 67.1 Å². The molecule has 0 saturated heterocycles. The highest BCUT2D eigenvalue weighted by molar-refractivity contribution is 5.98. The Morgan fingerprint density at radius 1 is 1.12 bits per heavy atom. The van der Waals surface area contributed by atoms with Gasteiger partial charge in [-0.3, -0.25) is 4.79 Å². The Morgan fingerprint density at radius 3 is 2.36 bits per heavy atom. The number of amides is 1. The number of carbonyl (C=O) groups is 3. The smallest absolute Gasteiger partial charge is 0.342 e. The van der Waals surface area contributed by atoms with E-state index in [0.717, 1.165) is 22.3 Å². The molecular weight excluding hydrogens is 426 g/mol. The zero-order chi connectivity index (χ0) is 24.7. The average molecular weight is 462 g/mol. The maximum atomic E-state index is 12.4. The molecule has 0 spiro atoms. The number of allylic oxidation sites excluding steroid dienone is 2. The number of benzene rings is 1. The third-order valence-corrected chi connectivity index (χ3v) is 5.76. The zero-order valence-electron chi connectivity index (χ0n) is 20.6. The van der Waals surface area contributed by atoms with E-state index in [0.29, 0.717) is 36.3 Å². The fraction of sp³-hybridized carbons (Fsp3) is 0.560. The number of carbonyl (C=O) groups excluding carboxylic acids is 3. The molecule has 1 N–H and O–H groups in total. The van der Waals surface area contributed by atoms with E-state index in [-0.39, 0.29) is 24.9 Å². The summed E-state index contributed by atoms with van der Waals surface area (Å²) in [6, 6.07) is -0.644. The van der Waals surface area contributed by atoms with Gasteiger partial charge in [0.05, 0.1) is 21.3 Å². The van der Waals surface area contributed by atoms with Crippen molar-refractivity contribution < 1.29 is 33.3 Å². The molecule has 1 heterocycles. The molecule has 33 heavy (non-hydrogen) atoms. The number of rotatable bonds is 11. The summed E-state index contributed by atoms with van der Waals surface area (Å²) in [7, 11) is 4.43. The summed E-state index contributed by atoms with van der Waals surface area (Å²) in [6.07, 6.45) is 3.76. The van der Waals surface area contributed by atoms with Gasteiger partial charge in [-0.15, -0.1) is 0 Å². The van der Waals surface area contributed by atoms with Crippen molar-refractivity contribution in [1.82, 2.24) is 5.32 Å². The number of cyclic esters (lactones) is 1. The van der Waals surface area contributed by atoms with Gasteiger partial charge in [-0.1, -0.05) is 25.5 Å². The second-order valence-electron chi connectivity index (χ2n) is 8.63. The first kappa shape index (κ1) is 26.2. The quantitative estimate of drug-likeness (QED) is 0.396. The Kier molecular flexibility index (Phi) is 9.32. The summed E-state index contributed by atoms with van der Waals surface area (Å²) < 4.78 is 21.2. The van der Waals surface area contributed by atoms with Crippen LogP contribution in [0.25, 0.3) is 0 Å². The first-order chi connectivity index (χ1) is 15.6. The number of ether oxygens (including phenoxy) is 4. The minimum Gasteiger partial charge on any atom is -0.496 e. The molecule has 0 fully saturated rings. The van der Waals surface area contributed by atoms with Crippen LogP contribution in [-0.4, -0.2) is 45.2 Å². The molecule has 1 aromatic carbocycles. The van der Waals surface area contributed by atoms with Crippen LogP contribution in [-0.2, 0) is 32.1 Å². The topological polar surface area (TPSA) is 100 Å². The molecule has 0 aliphatic carbocycles. The van der Waals surface area contributed by atoms with E-state index in [1.165, 1.54) is 14.2 Å². The summed E-state index contributed by atoms with van der Waals surface area (Å²) in [6.45, 7) is 8.02. The fourth-order valence-electron chi connectivity index (χ4n) is 4.02. The van der Waals surface area contributed by atoms with Crippen LogP contribution in [0.4, 0.5) is 0 Å². The fourth-order valence-corrected chi connectivity index (χ4v) is 4.02. The normalized spacial score (nSPS) is 13.9. The lowest BCUT2D eigenvalue weighted by Gasteiger charge is -2.18. The highest BCUT2D eigenvalue weighted by Crippen LogP contribution is 2.42. The Labute approximate surface area is 195 Å². The van der Waals surface area contributed by atoms with Gasteiger partial charge in [0.25, 0.3) is 0 Å². The monoisotopic (exact) mass is 461 g/mol. The molecule has 1 aliphatic heterocycles. The maximum Gasteiger partial charge on any atom is 0.342 e. The zero-order valence-corrected chi connectivity index (χ0v) is 20.6. The van der Waals surface area contributed by atoms with Crippen LogP contribution in [0, 0.1) is 12.8 Å². The second kappa shape index (κ2) is 11.7. The number of fused-ring (bicyclic) bond motifs is 1. The first-order valence-corrected chi connectivity index (χ1v) is 11.1. The van der Waals surface area contributed by atoms with E-state index in [9.17, 15) is 14.4 Å². The molecule has 1 aliphatic rings. The molecule has 0 radical (unpaired) electrons. The number of nitrogens with one attached hydrogen (secondary N) is 1. The minimum atomic E-state index is -0.644. The summed E-state index contributed by atoms with van der Waals surface area (Å²) in [4.78, 5) is 36.6. The molecule has 8 nitrogen and oxygen atoms in total. The number of methoxy groups -OCH3 is 3. The van der Waals surface area contributed by atoms with Crippen molar-refractivity contribution in [3.05, 3.63) is 33.9 Å². The van der Waals surface area contributed by atoms with Crippen LogP contribution < -0.4 is 14.8 Å². The number of hydrogen-bond acceptors (Lipinski definition) is 7. The summed E-state index contributed by atoms with van der Waals surface area (Å²) in [5.74, 6) is 0.340. The summed E-state index contributed by atoms with van der Waals surface area (Å²) >= 11 is 0. The Bertz CT molecular complexity index is 933. The van der Waals surface area contributed by atoms with Crippen LogP contribution in [0.3, 0.4) is 0 Å². The van der Waals surface area contributed by atoms with E-state index in [2.05, 4.69) is 5.32 Å². The van der Waals surface area contributed by atoms with Crippen LogP contribution in [0.5, 0.6) is 11.5 Å². The van der Waals surface area contributed by atoms with Crippen molar-refractivity contribution >= 4 is 17.8 Å². The minimum absolute atomic E-state index is 0.204. The van der Waals surface area contributed by atoms with Gasteiger partial charge in [0.1, 0.15) is 29.7 Å². The Morgan fingerprint density at radius 2 is 1.79 bits per heavy atom. The van der Waals surface area contributed by atoms with E-state index < -0.39 is 18.0 Å². The molecule has 0 aromatic heterocycles. The lowest BCUT2D eigenvalue weighted by Crippen LogP contribution is -2.42. The van der Waals surface area contributed by atoms with Crippen molar-refractivity contribution in [3.63, 3.8) is 0 Å². The highest BCUT2D eigenvalue weighted by Gasteiger charge is 2.32. The number of esters is 2. The van der Waals surface area contributed by atoms with E-state index >= 15 is 0 Å². The largest absolute Gasteiger partial charge is 0.496 e. The summed E-state index contributed by atoms with van der Waals surface area (Å²) in [5.41, 5.74) is 3.86. The SMILES string of the molecule is COC(=O)[C@H](CC(C)C)NC(=O)CCC(C)=CCc1c(OC)c(C)c2c(c1OC)C(=O)OC2. The second-order valence-corrected chi connectivity index (χ2v) is 8.63. The van der Waals surface area contributed by atoms with Gasteiger partial charge in [-0.2, -0.15) is 0 Å². The molecule has 2 rings (SSSR count). The van der Waals surface area contributed by atoms with Gasteiger partial charge in [-0.05, 0) is 44.6 Å². The molecule has 1 atom stereocenters. The molecule has 182 valence electrons. The van der Waals surface area contributed by atoms with Gasteiger partial charge < -0.3 is 24.3 Å². The van der Waals surface area contributed by atoms with Crippen molar-refractivity contribution in [2.45, 2.75) is 66.0 Å². The maximum absolute atomic E-state index is 12.4. The predicted molar refractivity (Wildman–Crippen MR) is 123 cm³/mol. The van der Waals surface area contributed by atoms with Gasteiger partial charge in [0, 0.05) is 17.5 Å². The van der Waals surface area contributed by atoms with E-state index in [4.69, 9.17) is 18.9 Å². The highest BCUT2D eigenvalue weighted by atomic mass is 16.5. The standard InChI is InChI=1S/C25H35NO7/c1-14(2)12-19(24(28)32-7)26-20(27)11-9-15(3)8-10-17-22(30-5)16(4)18-13-33-25(29)21(18)23(17)31-6/h8,14,19H,9-13H2,1-7H3,(H,26,27)/t19-/m0/s1. The van der Waals surface area contributed by atoms with Crippen molar-refractivity contribution in [2.24, 2.45) is 5.92 Å². The van der Waals surface area contributed by atoms with E-state index in [1.807, 2.05) is 33.8 Å². The Balaban J connectivity index is 2.12. The summed E-state index contributed by atoms with van der Waals surface area (Å²) in [5, 5.41) is 2.77. The molecule has 0 saturated carbocycles. The van der Waals surface area contributed by atoms with Gasteiger partial charge in [0.15, 0.2) is 0 Å². The van der Waals surface area contributed by atoms with Crippen LogP contribution >= 0.6 is 0 Å². The Hall–Kier alpha value is -3.03. The molecule has 1 amide bonds. The third kappa shape index (κ3) is 6.27. The van der Waals surface area contributed by atoms with Gasteiger partial charge in [-0.25, -0.2) is 9.59 Å². The molecule has 8 heteroatoms. The molecular formula is C25H35NO7. The molecule has 0 unspecified atom stereocenters. The van der Waals surface area contributed by atoms with Crippen molar-refractivity contribution in [2.75, 3.05) is 21.3 Å². The average Bonchev–Trinajstić information content (AvgIpc) is 3.16. The van der Waals surface area contributed by atoms with Gasteiger partial charge in [0.2, 0.25) is 5.91 Å². The van der Waals surface area contributed by atoms with Crippen molar-refractivity contribution in [1.29, 1.82) is 0 Å². The first-order valence-electron chi connectivity index (χ1n) is 11.1. The van der Waals surface area contributed by atoms with E-state index in [1.54, 1.807) is 7.11 Å².